The maximum atomic E-state index is 14.6. The molecule has 1 aliphatic rings. The number of morpholine rings is 1. The van der Waals surface area contributed by atoms with Crippen molar-refractivity contribution in [1.29, 1.82) is 0 Å². The van der Waals surface area contributed by atoms with Gasteiger partial charge in [0.2, 0.25) is 0 Å². The van der Waals surface area contributed by atoms with Crippen LogP contribution < -0.4 is 9.64 Å². The monoisotopic (exact) mass is 443 g/mol. The SMILES string of the molecule is O=C(c1ccc2ncc(N3CCOCC3)nc2c1)c1cc(OCc2ccccc2)ccc1F. The number of carbonyl (C=O) groups excluding carboxylic acids is 1. The Kier molecular flexibility index (Phi) is 5.95. The molecule has 0 aliphatic carbocycles. The van der Waals surface area contributed by atoms with Crippen LogP contribution in [0.25, 0.3) is 11.0 Å². The Morgan fingerprint density at radius 3 is 2.64 bits per heavy atom. The Hall–Kier alpha value is -3.84. The molecule has 2 heterocycles. The molecule has 1 fully saturated rings. The van der Waals surface area contributed by atoms with Crippen LogP contribution >= 0.6 is 0 Å². The zero-order chi connectivity index (χ0) is 22.6. The van der Waals surface area contributed by atoms with E-state index in [1.165, 1.54) is 18.2 Å². The molecule has 1 aromatic heterocycles. The number of aromatic nitrogens is 2. The molecular formula is C26H22FN3O3. The van der Waals surface area contributed by atoms with Crippen molar-refractivity contribution in [1.82, 2.24) is 9.97 Å². The van der Waals surface area contributed by atoms with Crippen molar-refractivity contribution in [3.8, 4) is 5.75 Å². The number of rotatable bonds is 6. The normalized spacial score (nSPS) is 13.8. The van der Waals surface area contributed by atoms with Crippen molar-refractivity contribution in [2.75, 3.05) is 31.2 Å². The lowest BCUT2D eigenvalue weighted by Gasteiger charge is -2.27. The van der Waals surface area contributed by atoms with Gasteiger partial charge in [0.25, 0.3) is 0 Å². The highest BCUT2D eigenvalue weighted by Crippen LogP contribution is 2.23. The fourth-order valence-electron chi connectivity index (χ4n) is 3.75. The summed E-state index contributed by atoms with van der Waals surface area (Å²) < 4.78 is 25.7. The average molecular weight is 443 g/mol. The third-order valence-electron chi connectivity index (χ3n) is 5.56. The maximum absolute atomic E-state index is 14.6. The predicted octanol–water partition coefficient (Wildman–Crippen LogP) is 4.42. The number of halogens is 1. The van der Waals surface area contributed by atoms with Gasteiger partial charge < -0.3 is 14.4 Å². The van der Waals surface area contributed by atoms with E-state index in [0.29, 0.717) is 42.2 Å². The summed E-state index contributed by atoms with van der Waals surface area (Å²) in [6, 6.07) is 18.9. The van der Waals surface area contributed by atoms with Crippen molar-refractivity contribution in [3.05, 3.63) is 95.4 Å². The first-order chi connectivity index (χ1) is 16.2. The van der Waals surface area contributed by atoms with Crippen LogP contribution in [0.3, 0.4) is 0 Å². The molecule has 0 atom stereocenters. The summed E-state index contributed by atoms with van der Waals surface area (Å²) in [6.07, 6.45) is 1.72. The number of nitrogens with zero attached hydrogens (tertiary/aromatic N) is 3. The lowest BCUT2D eigenvalue weighted by Crippen LogP contribution is -2.36. The fraction of sp³-hybridized carbons (Fsp3) is 0.192. The quantitative estimate of drug-likeness (QED) is 0.411. The van der Waals surface area contributed by atoms with Gasteiger partial charge in [0, 0.05) is 18.7 Å². The first-order valence-electron chi connectivity index (χ1n) is 10.8. The Labute approximate surface area is 190 Å². The number of anilines is 1. The molecule has 0 saturated carbocycles. The number of benzene rings is 3. The van der Waals surface area contributed by atoms with Crippen LogP contribution in [0.5, 0.6) is 5.75 Å². The van der Waals surface area contributed by atoms with Crippen molar-refractivity contribution >= 4 is 22.6 Å². The molecule has 0 amide bonds. The second kappa shape index (κ2) is 9.34. The number of ether oxygens (including phenoxy) is 2. The minimum Gasteiger partial charge on any atom is -0.489 e. The molecule has 0 unspecified atom stereocenters. The van der Waals surface area contributed by atoms with E-state index in [-0.39, 0.29) is 5.56 Å². The summed E-state index contributed by atoms with van der Waals surface area (Å²) in [4.78, 5) is 24.4. The smallest absolute Gasteiger partial charge is 0.196 e. The number of fused-ring (bicyclic) bond motifs is 1. The van der Waals surface area contributed by atoms with Gasteiger partial charge in [-0.1, -0.05) is 30.3 Å². The Bertz CT molecular complexity index is 1290. The van der Waals surface area contributed by atoms with E-state index in [9.17, 15) is 9.18 Å². The van der Waals surface area contributed by atoms with E-state index in [1.54, 1.807) is 24.4 Å². The van der Waals surface area contributed by atoms with Crippen LogP contribution in [0.4, 0.5) is 10.2 Å². The molecule has 7 heteroatoms. The predicted molar refractivity (Wildman–Crippen MR) is 123 cm³/mol. The first-order valence-corrected chi connectivity index (χ1v) is 10.8. The molecule has 1 saturated heterocycles. The van der Waals surface area contributed by atoms with Crippen molar-refractivity contribution < 1.29 is 18.7 Å². The van der Waals surface area contributed by atoms with Gasteiger partial charge in [0.15, 0.2) is 5.78 Å². The van der Waals surface area contributed by atoms with E-state index < -0.39 is 11.6 Å². The Morgan fingerprint density at radius 2 is 1.82 bits per heavy atom. The van der Waals surface area contributed by atoms with Crippen LogP contribution in [0.15, 0.2) is 72.9 Å². The number of carbonyl (C=O) groups is 1. The number of hydrogen-bond acceptors (Lipinski definition) is 6. The lowest BCUT2D eigenvalue weighted by molar-refractivity contribution is 0.103. The molecule has 33 heavy (non-hydrogen) atoms. The van der Waals surface area contributed by atoms with Gasteiger partial charge in [-0.2, -0.15) is 0 Å². The van der Waals surface area contributed by atoms with Crippen LogP contribution in [-0.2, 0) is 11.3 Å². The molecule has 6 nitrogen and oxygen atoms in total. The second-order valence-electron chi connectivity index (χ2n) is 7.78. The molecule has 0 radical (unpaired) electrons. The Balaban J connectivity index is 1.40. The minimum absolute atomic E-state index is 0.0443. The second-order valence-corrected chi connectivity index (χ2v) is 7.78. The highest BCUT2D eigenvalue weighted by Gasteiger charge is 2.18. The zero-order valence-corrected chi connectivity index (χ0v) is 17.9. The van der Waals surface area contributed by atoms with Crippen molar-refractivity contribution in [2.45, 2.75) is 6.61 Å². The first kappa shape index (κ1) is 21.0. The van der Waals surface area contributed by atoms with E-state index in [1.807, 2.05) is 30.3 Å². The highest BCUT2D eigenvalue weighted by molar-refractivity contribution is 6.10. The van der Waals surface area contributed by atoms with Crippen LogP contribution in [0, 0.1) is 5.82 Å². The van der Waals surface area contributed by atoms with Gasteiger partial charge in [-0.25, -0.2) is 9.37 Å². The van der Waals surface area contributed by atoms with Crippen LogP contribution in [0.1, 0.15) is 21.5 Å². The molecule has 4 aromatic rings. The molecule has 3 aromatic carbocycles. The summed E-state index contributed by atoms with van der Waals surface area (Å²) >= 11 is 0. The van der Waals surface area contributed by atoms with Gasteiger partial charge in [0.05, 0.1) is 36.0 Å². The van der Waals surface area contributed by atoms with Crippen molar-refractivity contribution in [2.24, 2.45) is 0 Å². The maximum Gasteiger partial charge on any atom is 0.196 e. The van der Waals surface area contributed by atoms with E-state index >= 15 is 0 Å². The highest BCUT2D eigenvalue weighted by atomic mass is 19.1. The Morgan fingerprint density at radius 1 is 1.00 bits per heavy atom. The third-order valence-corrected chi connectivity index (χ3v) is 5.56. The standard InChI is InChI=1S/C26H22FN3O3/c27-22-8-7-20(33-17-18-4-2-1-3-5-18)15-21(22)26(31)19-6-9-23-24(14-19)29-25(16-28-23)30-10-12-32-13-11-30/h1-9,14-16H,10-13,17H2. The molecule has 1 aliphatic heterocycles. The molecule has 0 bridgehead atoms. The molecule has 0 N–H and O–H groups in total. The van der Waals surface area contributed by atoms with E-state index in [2.05, 4.69) is 14.9 Å². The summed E-state index contributed by atoms with van der Waals surface area (Å²) in [5.74, 6) is 0.134. The third kappa shape index (κ3) is 4.68. The van der Waals surface area contributed by atoms with Gasteiger partial charge in [-0.05, 0) is 42.0 Å². The topological polar surface area (TPSA) is 64.6 Å². The number of ketones is 1. The van der Waals surface area contributed by atoms with Gasteiger partial charge in [-0.3, -0.25) is 9.78 Å². The summed E-state index contributed by atoms with van der Waals surface area (Å²) in [5.41, 5.74) is 2.54. The largest absolute Gasteiger partial charge is 0.489 e. The molecule has 166 valence electrons. The summed E-state index contributed by atoms with van der Waals surface area (Å²) in [6.45, 7) is 3.08. The van der Waals surface area contributed by atoms with Gasteiger partial charge in [-0.15, -0.1) is 0 Å². The average Bonchev–Trinajstić information content (AvgIpc) is 2.88. The molecule has 5 rings (SSSR count). The van der Waals surface area contributed by atoms with Gasteiger partial charge >= 0.3 is 0 Å². The fourth-order valence-corrected chi connectivity index (χ4v) is 3.75. The lowest BCUT2D eigenvalue weighted by atomic mass is 10.0. The molecule has 0 spiro atoms. The van der Waals surface area contributed by atoms with E-state index in [4.69, 9.17) is 9.47 Å². The summed E-state index contributed by atoms with van der Waals surface area (Å²) in [7, 11) is 0. The van der Waals surface area contributed by atoms with Gasteiger partial charge in [0.1, 0.15) is 24.0 Å². The summed E-state index contributed by atoms with van der Waals surface area (Å²) in [5, 5.41) is 0. The van der Waals surface area contributed by atoms with Crippen LogP contribution in [-0.4, -0.2) is 42.1 Å². The van der Waals surface area contributed by atoms with Crippen molar-refractivity contribution in [3.63, 3.8) is 0 Å². The minimum atomic E-state index is -0.597. The van der Waals surface area contributed by atoms with Crippen LogP contribution in [0.2, 0.25) is 0 Å². The molecular weight excluding hydrogens is 421 g/mol. The number of hydrogen-bond donors (Lipinski definition) is 0. The van der Waals surface area contributed by atoms with E-state index in [0.717, 1.165) is 24.5 Å². The zero-order valence-electron chi connectivity index (χ0n) is 17.9.